The Kier molecular flexibility index (Phi) is 9.44. The van der Waals surface area contributed by atoms with E-state index in [0.29, 0.717) is 36.6 Å². The van der Waals surface area contributed by atoms with E-state index in [1.807, 2.05) is 55.6 Å². The second-order valence-corrected chi connectivity index (χ2v) is 9.41. The van der Waals surface area contributed by atoms with E-state index in [9.17, 15) is 14.9 Å². The van der Waals surface area contributed by atoms with Crippen LogP contribution in [0.2, 0.25) is 5.02 Å². The summed E-state index contributed by atoms with van der Waals surface area (Å²) in [6, 6.07) is 20.4. The molecule has 0 aliphatic rings. The van der Waals surface area contributed by atoms with Gasteiger partial charge in [-0.15, -0.1) is 0 Å². The number of hydrogen-bond acceptors (Lipinski definition) is 5. The smallest absolute Gasteiger partial charge is 0.262 e. The molecular formula is C31H29ClN4O4. The molecule has 1 heterocycles. The van der Waals surface area contributed by atoms with Crippen LogP contribution in [0.4, 0.5) is 5.69 Å². The number of nitrogens with zero attached hydrogens (tertiary/aromatic N) is 1. The molecule has 0 saturated carbocycles. The highest BCUT2D eigenvalue weighted by molar-refractivity contribution is 6.32. The number of aromatic nitrogens is 1. The van der Waals surface area contributed by atoms with Gasteiger partial charge in [-0.3, -0.25) is 9.59 Å². The molecule has 0 radical (unpaired) electrons. The van der Waals surface area contributed by atoms with Crippen molar-refractivity contribution in [3.63, 3.8) is 0 Å². The molecule has 3 aromatic carbocycles. The minimum absolute atomic E-state index is 0.0800. The van der Waals surface area contributed by atoms with E-state index >= 15 is 0 Å². The molecule has 0 fully saturated rings. The van der Waals surface area contributed by atoms with Gasteiger partial charge in [-0.1, -0.05) is 47.5 Å². The summed E-state index contributed by atoms with van der Waals surface area (Å²) in [6.07, 6.45) is 3.96. The molecule has 204 valence electrons. The van der Waals surface area contributed by atoms with Crippen LogP contribution in [0.5, 0.6) is 11.5 Å². The average Bonchev–Trinajstić information content (AvgIpc) is 3.35. The van der Waals surface area contributed by atoms with Crippen molar-refractivity contribution in [2.45, 2.75) is 20.3 Å². The van der Waals surface area contributed by atoms with Crippen LogP contribution in [0.1, 0.15) is 23.6 Å². The maximum atomic E-state index is 12.7. The zero-order valence-corrected chi connectivity index (χ0v) is 23.0. The second-order valence-electron chi connectivity index (χ2n) is 9.00. The lowest BCUT2D eigenvalue weighted by molar-refractivity contribution is -0.118. The minimum Gasteiger partial charge on any atom is -0.490 e. The SMILES string of the molecule is CCOc1cc(/C=C(/C#N)C(=O)NCCc2c[nH]c3ccccc23)cc(Cl)c1OCC(=O)Nc1ccc(C)cc1. The van der Waals surface area contributed by atoms with Crippen LogP contribution >= 0.6 is 11.6 Å². The number of carbonyl (C=O) groups excluding carboxylic acids is 2. The molecule has 0 bridgehead atoms. The Balaban J connectivity index is 1.41. The summed E-state index contributed by atoms with van der Waals surface area (Å²) >= 11 is 6.47. The number of H-pyrrole nitrogens is 1. The number of benzene rings is 3. The number of para-hydroxylation sites is 1. The highest BCUT2D eigenvalue weighted by Crippen LogP contribution is 2.37. The number of nitrogens with one attached hydrogen (secondary N) is 3. The van der Waals surface area contributed by atoms with Gasteiger partial charge in [-0.25, -0.2) is 0 Å². The lowest BCUT2D eigenvalue weighted by atomic mass is 10.1. The standard InChI is InChI=1S/C31H29ClN4O4/c1-3-39-28-16-21(15-26(32)30(28)40-19-29(37)36-24-10-8-20(2)9-11-24)14-23(17-33)31(38)34-13-12-22-18-35-27-7-5-4-6-25(22)27/h4-11,14-16,18,35H,3,12-13,19H2,1-2H3,(H,34,38)(H,36,37)/b23-14-. The highest BCUT2D eigenvalue weighted by atomic mass is 35.5. The van der Waals surface area contributed by atoms with Gasteiger partial charge in [0.05, 0.1) is 11.6 Å². The number of anilines is 1. The normalized spacial score (nSPS) is 11.1. The van der Waals surface area contributed by atoms with Crippen LogP contribution in [0, 0.1) is 18.3 Å². The molecular weight excluding hydrogens is 528 g/mol. The van der Waals surface area contributed by atoms with E-state index in [4.69, 9.17) is 21.1 Å². The number of fused-ring (bicyclic) bond motifs is 1. The molecule has 0 aliphatic heterocycles. The highest BCUT2D eigenvalue weighted by Gasteiger charge is 2.16. The Labute approximate surface area is 237 Å². The molecule has 0 atom stereocenters. The molecule has 0 unspecified atom stereocenters. The topological polar surface area (TPSA) is 116 Å². The maximum Gasteiger partial charge on any atom is 0.262 e. The Morgan fingerprint density at radius 3 is 2.62 bits per heavy atom. The summed E-state index contributed by atoms with van der Waals surface area (Å²) in [6.45, 7) is 4.15. The molecule has 4 rings (SSSR count). The molecule has 0 spiro atoms. The van der Waals surface area contributed by atoms with Crippen LogP contribution in [-0.2, 0) is 16.0 Å². The van der Waals surface area contributed by atoms with Gasteiger partial charge in [0, 0.05) is 29.3 Å². The first-order valence-electron chi connectivity index (χ1n) is 12.8. The lowest BCUT2D eigenvalue weighted by Crippen LogP contribution is -2.26. The molecule has 40 heavy (non-hydrogen) atoms. The van der Waals surface area contributed by atoms with Gasteiger partial charge in [-0.05, 0) is 67.8 Å². The summed E-state index contributed by atoms with van der Waals surface area (Å²) in [4.78, 5) is 28.3. The first-order valence-corrected chi connectivity index (χ1v) is 13.2. The largest absolute Gasteiger partial charge is 0.490 e. The lowest BCUT2D eigenvalue weighted by Gasteiger charge is -2.15. The average molecular weight is 557 g/mol. The molecule has 3 N–H and O–H groups in total. The van der Waals surface area contributed by atoms with Crippen LogP contribution in [-0.4, -0.2) is 36.6 Å². The van der Waals surface area contributed by atoms with Crippen molar-refractivity contribution in [3.05, 3.63) is 94.1 Å². The second kappa shape index (κ2) is 13.4. The fourth-order valence-corrected chi connectivity index (χ4v) is 4.38. The van der Waals surface area contributed by atoms with Crippen molar-refractivity contribution in [1.29, 1.82) is 5.26 Å². The summed E-state index contributed by atoms with van der Waals surface area (Å²) in [5, 5.41) is 16.5. The van der Waals surface area contributed by atoms with Crippen LogP contribution in [0.15, 0.2) is 72.4 Å². The van der Waals surface area contributed by atoms with Gasteiger partial charge < -0.3 is 25.1 Å². The van der Waals surface area contributed by atoms with Gasteiger partial charge in [0.1, 0.15) is 11.6 Å². The van der Waals surface area contributed by atoms with Crippen molar-refractivity contribution in [2.75, 3.05) is 25.1 Å². The van der Waals surface area contributed by atoms with Crippen LogP contribution in [0.3, 0.4) is 0 Å². The van der Waals surface area contributed by atoms with E-state index < -0.39 is 5.91 Å². The number of aromatic amines is 1. The number of amides is 2. The third-order valence-corrected chi connectivity index (χ3v) is 6.33. The van der Waals surface area contributed by atoms with Crippen LogP contribution < -0.4 is 20.1 Å². The van der Waals surface area contributed by atoms with E-state index in [2.05, 4.69) is 15.6 Å². The summed E-state index contributed by atoms with van der Waals surface area (Å²) in [7, 11) is 0. The van der Waals surface area contributed by atoms with Crippen molar-refractivity contribution in [2.24, 2.45) is 0 Å². The summed E-state index contributed by atoms with van der Waals surface area (Å²) in [5.41, 5.74) is 4.24. The first kappa shape index (κ1) is 28.3. The van der Waals surface area contributed by atoms with E-state index in [0.717, 1.165) is 22.0 Å². The monoisotopic (exact) mass is 556 g/mol. The van der Waals surface area contributed by atoms with Crippen molar-refractivity contribution < 1.29 is 19.1 Å². The number of rotatable bonds is 11. The van der Waals surface area contributed by atoms with Gasteiger partial charge in [0.15, 0.2) is 18.1 Å². The van der Waals surface area contributed by atoms with Crippen molar-refractivity contribution in [1.82, 2.24) is 10.3 Å². The molecule has 0 saturated heterocycles. The molecule has 8 nitrogen and oxygen atoms in total. The molecule has 4 aromatic rings. The fraction of sp³-hybridized carbons (Fsp3) is 0.194. The van der Waals surface area contributed by atoms with Crippen molar-refractivity contribution in [3.8, 4) is 17.6 Å². The number of nitriles is 1. The summed E-state index contributed by atoms with van der Waals surface area (Å²) in [5.74, 6) is -0.366. The Morgan fingerprint density at radius 2 is 1.88 bits per heavy atom. The Hall–Kier alpha value is -4.74. The Bertz CT molecular complexity index is 1590. The quantitative estimate of drug-likeness (QED) is 0.159. The van der Waals surface area contributed by atoms with Gasteiger partial charge in [0.2, 0.25) is 0 Å². The zero-order valence-electron chi connectivity index (χ0n) is 22.2. The van der Waals surface area contributed by atoms with Gasteiger partial charge in [-0.2, -0.15) is 5.26 Å². The molecule has 1 aromatic heterocycles. The van der Waals surface area contributed by atoms with Crippen molar-refractivity contribution >= 4 is 46.1 Å². The molecule has 2 amide bonds. The zero-order chi connectivity index (χ0) is 28.5. The third-order valence-electron chi connectivity index (χ3n) is 6.05. The first-order chi connectivity index (χ1) is 19.4. The predicted octanol–water partition coefficient (Wildman–Crippen LogP) is 5.81. The van der Waals surface area contributed by atoms with Gasteiger partial charge >= 0.3 is 0 Å². The van der Waals surface area contributed by atoms with E-state index in [1.54, 1.807) is 31.2 Å². The molecule has 0 aliphatic carbocycles. The Morgan fingerprint density at radius 1 is 1.10 bits per heavy atom. The number of ether oxygens (including phenoxy) is 2. The molecule has 9 heteroatoms. The number of hydrogen-bond donors (Lipinski definition) is 3. The minimum atomic E-state index is -0.496. The van der Waals surface area contributed by atoms with Gasteiger partial charge in [0.25, 0.3) is 11.8 Å². The fourth-order valence-electron chi connectivity index (χ4n) is 4.11. The number of aryl methyl sites for hydroxylation is 1. The van der Waals surface area contributed by atoms with E-state index in [-0.39, 0.29) is 28.9 Å². The predicted molar refractivity (Wildman–Crippen MR) is 157 cm³/mol. The number of carbonyl (C=O) groups is 2. The number of halogens is 1. The van der Waals surface area contributed by atoms with Crippen LogP contribution in [0.25, 0.3) is 17.0 Å². The summed E-state index contributed by atoms with van der Waals surface area (Å²) < 4.78 is 11.4. The third kappa shape index (κ3) is 7.22. The van der Waals surface area contributed by atoms with E-state index in [1.165, 1.54) is 6.08 Å². The maximum absolute atomic E-state index is 12.7.